The van der Waals surface area contributed by atoms with Crippen molar-refractivity contribution in [3.63, 3.8) is 0 Å². The number of rotatable bonds is 2. The minimum Gasteiger partial charge on any atom is -0.321 e. The van der Waals surface area contributed by atoms with E-state index in [1.54, 1.807) is 6.07 Å². The average Bonchev–Trinajstić information content (AvgIpc) is 2.39. The first-order valence-electron chi connectivity index (χ1n) is 5.86. The number of aromatic nitrogens is 1. The van der Waals surface area contributed by atoms with Gasteiger partial charge in [0.1, 0.15) is 11.6 Å². The highest BCUT2D eigenvalue weighted by Crippen LogP contribution is 2.26. The molecule has 1 aromatic carbocycles. The van der Waals surface area contributed by atoms with Crippen molar-refractivity contribution in [3.05, 3.63) is 57.9 Å². The van der Waals surface area contributed by atoms with Crippen molar-refractivity contribution in [1.29, 1.82) is 5.26 Å². The molecule has 1 aromatic heterocycles. The van der Waals surface area contributed by atoms with Crippen molar-refractivity contribution in [2.24, 2.45) is 0 Å². The second-order valence-corrected chi connectivity index (χ2v) is 4.48. The number of benzene rings is 1. The van der Waals surface area contributed by atoms with Gasteiger partial charge >= 0.3 is 0 Å². The van der Waals surface area contributed by atoms with Gasteiger partial charge in [0.15, 0.2) is 0 Å². The van der Waals surface area contributed by atoms with E-state index in [4.69, 9.17) is 5.26 Å². The Hall–Kier alpha value is -2.34. The smallest absolute Gasteiger partial charge is 0.266 e. The van der Waals surface area contributed by atoms with Crippen LogP contribution in [-0.4, -0.2) is 4.98 Å². The Labute approximate surface area is 106 Å². The van der Waals surface area contributed by atoms with E-state index in [9.17, 15) is 4.79 Å². The summed E-state index contributed by atoms with van der Waals surface area (Å²) in [5.74, 6) is 0.240. The van der Waals surface area contributed by atoms with Crippen molar-refractivity contribution in [2.75, 3.05) is 0 Å². The lowest BCUT2D eigenvalue weighted by Gasteiger charge is -2.12. The molecule has 1 N–H and O–H groups in total. The van der Waals surface area contributed by atoms with E-state index in [0.29, 0.717) is 0 Å². The summed E-state index contributed by atoms with van der Waals surface area (Å²) >= 11 is 0. The molecule has 0 radical (unpaired) electrons. The standard InChI is InChI=1S/C15H14N2O/c1-10(2)13-8-12(9-16)15(18)17-14(13)11-6-4-3-5-7-11/h3-8,10H,1-2H3,(H,17,18). The first-order chi connectivity index (χ1) is 8.63. The fourth-order valence-corrected chi connectivity index (χ4v) is 1.93. The molecule has 0 fully saturated rings. The zero-order valence-electron chi connectivity index (χ0n) is 10.4. The van der Waals surface area contributed by atoms with Crippen molar-refractivity contribution in [2.45, 2.75) is 19.8 Å². The van der Waals surface area contributed by atoms with Crippen LogP contribution < -0.4 is 5.56 Å². The summed E-state index contributed by atoms with van der Waals surface area (Å²) in [5.41, 5.74) is 2.58. The van der Waals surface area contributed by atoms with Gasteiger partial charge in [0.05, 0.1) is 5.69 Å². The molecule has 0 aliphatic heterocycles. The normalized spacial score (nSPS) is 10.3. The molecule has 0 bridgehead atoms. The summed E-state index contributed by atoms with van der Waals surface area (Å²) in [6, 6.07) is 13.3. The number of nitrogens with zero attached hydrogens (tertiary/aromatic N) is 1. The van der Waals surface area contributed by atoms with Crippen LogP contribution in [-0.2, 0) is 0 Å². The highest BCUT2D eigenvalue weighted by atomic mass is 16.1. The molecule has 0 saturated heterocycles. The Balaban J connectivity index is 2.71. The minimum atomic E-state index is -0.333. The van der Waals surface area contributed by atoms with Gasteiger partial charge in [-0.25, -0.2) is 0 Å². The first kappa shape index (κ1) is 12.1. The SMILES string of the molecule is CC(C)c1cc(C#N)c(=O)[nH]c1-c1ccccc1. The number of pyridine rings is 1. The zero-order valence-corrected chi connectivity index (χ0v) is 10.4. The van der Waals surface area contributed by atoms with Gasteiger partial charge in [-0.05, 0) is 23.1 Å². The molecule has 2 aromatic rings. The van der Waals surface area contributed by atoms with Crippen LogP contribution in [0.4, 0.5) is 0 Å². The van der Waals surface area contributed by atoms with Gasteiger partial charge in [0.25, 0.3) is 5.56 Å². The molecule has 2 rings (SSSR count). The molecule has 0 saturated carbocycles. The molecule has 90 valence electrons. The highest BCUT2D eigenvalue weighted by molar-refractivity contribution is 5.64. The van der Waals surface area contributed by atoms with E-state index in [1.165, 1.54) is 0 Å². The summed E-state index contributed by atoms with van der Waals surface area (Å²) in [7, 11) is 0. The molecular weight excluding hydrogens is 224 g/mol. The largest absolute Gasteiger partial charge is 0.321 e. The molecule has 0 atom stereocenters. The van der Waals surface area contributed by atoms with Crippen LogP contribution in [0.15, 0.2) is 41.2 Å². The molecule has 3 nitrogen and oxygen atoms in total. The fraction of sp³-hybridized carbons (Fsp3) is 0.200. The van der Waals surface area contributed by atoms with Crippen LogP contribution in [0.2, 0.25) is 0 Å². The molecule has 18 heavy (non-hydrogen) atoms. The Morgan fingerprint density at radius 2 is 1.89 bits per heavy atom. The molecular formula is C15H14N2O. The van der Waals surface area contributed by atoms with E-state index < -0.39 is 0 Å². The van der Waals surface area contributed by atoms with E-state index in [-0.39, 0.29) is 17.0 Å². The van der Waals surface area contributed by atoms with Gasteiger partial charge in [-0.3, -0.25) is 4.79 Å². The van der Waals surface area contributed by atoms with Crippen LogP contribution >= 0.6 is 0 Å². The lowest BCUT2D eigenvalue weighted by Crippen LogP contribution is -2.13. The number of nitrogens with one attached hydrogen (secondary N) is 1. The topological polar surface area (TPSA) is 56.6 Å². The molecule has 3 heteroatoms. The predicted molar refractivity (Wildman–Crippen MR) is 71.3 cm³/mol. The molecule has 1 heterocycles. The maximum atomic E-state index is 11.7. The maximum Gasteiger partial charge on any atom is 0.266 e. The molecule has 0 spiro atoms. The lowest BCUT2D eigenvalue weighted by atomic mass is 9.96. The van der Waals surface area contributed by atoms with Crippen molar-refractivity contribution >= 4 is 0 Å². The van der Waals surface area contributed by atoms with Gasteiger partial charge in [-0.2, -0.15) is 5.26 Å². The summed E-state index contributed by atoms with van der Waals surface area (Å²) in [6.07, 6.45) is 0. The minimum absolute atomic E-state index is 0.165. The first-order valence-corrected chi connectivity index (χ1v) is 5.86. The molecule has 0 unspecified atom stereocenters. The van der Waals surface area contributed by atoms with E-state index in [1.807, 2.05) is 50.2 Å². The molecule has 0 aliphatic carbocycles. The maximum absolute atomic E-state index is 11.7. The molecule has 0 amide bonds. The monoisotopic (exact) mass is 238 g/mol. The number of hydrogen-bond acceptors (Lipinski definition) is 2. The Kier molecular flexibility index (Phi) is 3.29. The third-order valence-corrected chi connectivity index (χ3v) is 2.88. The van der Waals surface area contributed by atoms with Crippen molar-refractivity contribution in [3.8, 4) is 17.3 Å². The van der Waals surface area contributed by atoms with E-state index in [0.717, 1.165) is 16.8 Å². The van der Waals surface area contributed by atoms with Gasteiger partial charge in [0.2, 0.25) is 0 Å². The lowest BCUT2D eigenvalue weighted by molar-refractivity contribution is 0.858. The van der Waals surface area contributed by atoms with Crippen LogP contribution in [0, 0.1) is 11.3 Å². The fourth-order valence-electron chi connectivity index (χ4n) is 1.93. The van der Waals surface area contributed by atoms with Crippen LogP contribution in [0.25, 0.3) is 11.3 Å². The van der Waals surface area contributed by atoms with Crippen molar-refractivity contribution in [1.82, 2.24) is 4.98 Å². The Morgan fingerprint density at radius 3 is 2.44 bits per heavy atom. The number of hydrogen-bond donors (Lipinski definition) is 1. The average molecular weight is 238 g/mol. The Morgan fingerprint density at radius 1 is 1.22 bits per heavy atom. The van der Waals surface area contributed by atoms with E-state index in [2.05, 4.69) is 4.98 Å². The number of H-pyrrole nitrogens is 1. The summed E-state index contributed by atoms with van der Waals surface area (Å²) < 4.78 is 0. The summed E-state index contributed by atoms with van der Waals surface area (Å²) in [6.45, 7) is 4.09. The van der Waals surface area contributed by atoms with Gasteiger partial charge in [0, 0.05) is 0 Å². The number of aromatic amines is 1. The van der Waals surface area contributed by atoms with Crippen LogP contribution in [0.1, 0.15) is 30.9 Å². The van der Waals surface area contributed by atoms with Crippen LogP contribution in [0.5, 0.6) is 0 Å². The third-order valence-electron chi connectivity index (χ3n) is 2.88. The summed E-state index contributed by atoms with van der Waals surface area (Å²) in [4.78, 5) is 14.6. The van der Waals surface area contributed by atoms with Crippen LogP contribution in [0.3, 0.4) is 0 Å². The Bertz CT molecular complexity index is 648. The second-order valence-electron chi connectivity index (χ2n) is 4.48. The predicted octanol–water partition coefficient (Wildman–Crippen LogP) is 3.04. The van der Waals surface area contributed by atoms with Gasteiger partial charge in [-0.1, -0.05) is 44.2 Å². The van der Waals surface area contributed by atoms with Crippen molar-refractivity contribution < 1.29 is 0 Å². The quantitative estimate of drug-likeness (QED) is 0.874. The second kappa shape index (κ2) is 4.89. The van der Waals surface area contributed by atoms with Gasteiger partial charge in [-0.15, -0.1) is 0 Å². The molecule has 0 aliphatic rings. The zero-order chi connectivity index (χ0) is 13.1. The number of nitriles is 1. The van der Waals surface area contributed by atoms with Gasteiger partial charge < -0.3 is 4.98 Å². The summed E-state index contributed by atoms with van der Waals surface area (Å²) in [5, 5.41) is 8.92. The third kappa shape index (κ3) is 2.18. The van der Waals surface area contributed by atoms with E-state index >= 15 is 0 Å². The highest BCUT2D eigenvalue weighted by Gasteiger charge is 2.12.